The van der Waals surface area contributed by atoms with Gasteiger partial charge in [0.05, 0.1) is 6.20 Å². The van der Waals surface area contributed by atoms with Crippen molar-refractivity contribution in [2.45, 2.75) is 39.3 Å². The highest BCUT2D eigenvalue weighted by atomic mass is 16.5. The van der Waals surface area contributed by atoms with Crippen molar-refractivity contribution >= 4 is 17.3 Å². The van der Waals surface area contributed by atoms with Crippen LogP contribution in [0.4, 0.5) is 11.4 Å². The second kappa shape index (κ2) is 7.05. The standard InChI is InChI=1S/C18H24N4O2/c1-13(2)22-11-14(10-20-22)9-19-16-5-6-17-15(8-16)4-7-18(23)21(17)12-24-3/h5-6,8,10-11,13,19H,4,7,9,12H2,1-3H3. The molecule has 0 bridgehead atoms. The van der Waals surface area contributed by atoms with Gasteiger partial charge in [-0.05, 0) is 44.0 Å². The Morgan fingerprint density at radius 1 is 1.33 bits per heavy atom. The van der Waals surface area contributed by atoms with E-state index in [0.717, 1.165) is 29.9 Å². The quantitative estimate of drug-likeness (QED) is 0.886. The van der Waals surface area contributed by atoms with Crippen LogP contribution in [0.15, 0.2) is 30.6 Å². The third-order valence-electron chi connectivity index (χ3n) is 4.22. The van der Waals surface area contributed by atoms with Crippen LogP contribution in [0.1, 0.15) is 37.4 Å². The molecule has 1 amide bonds. The topological polar surface area (TPSA) is 59.4 Å². The van der Waals surface area contributed by atoms with Crippen LogP contribution in [0.2, 0.25) is 0 Å². The number of fused-ring (bicyclic) bond motifs is 1. The van der Waals surface area contributed by atoms with Gasteiger partial charge in [-0.15, -0.1) is 0 Å². The van der Waals surface area contributed by atoms with E-state index >= 15 is 0 Å². The van der Waals surface area contributed by atoms with Gasteiger partial charge in [0, 0.05) is 49.3 Å². The Kier molecular flexibility index (Phi) is 4.85. The molecule has 0 fully saturated rings. The van der Waals surface area contributed by atoms with E-state index in [0.29, 0.717) is 19.2 Å². The predicted molar refractivity (Wildman–Crippen MR) is 94.1 cm³/mol. The summed E-state index contributed by atoms with van der Waals surface area (Å²) >= 11 is 0. The van der Waals surface area contributed by atoms with Crippen LogP contribution in [-0.2, 0) is 22.5 Å². The van der Waals surface area contributed by atoms with Crippen molar-refractivity contribution in [3.63, 3.8) is 0 Å². The van der Waals surface area contributed by atoms with E-state index in [2.05, 4.69) is 36.5 Å². The van der Waals surface area contributed by atoms with Crippen molar-refractivity contribution in [3.8, 4) is 0 Å². The summed E-state index contributed by atoms with van der Waals surface area (Å²) < 4.78 is 7.10. The monoisotopic (exact) mass is 328 g/mol. The molecule has 6 nitrogen and oxygen atoms in total. The summed E-state index contributed by atoms with van der Waals surface area (Å²) in [5.41, 5.74) is 4.33. The van der Waals surface area contributed by atoms with Gasteiger partial charge >= 0.3 is 0 Å². The van der Waals surface area contributed by atoms with E-state index in [9.17, 15) is 4.79 Å². The van der Waals surface area contributed by atoms with Gasteiger partial charge in [-0.3, -0.25) is 14.4 Å². The smallest absolute Gasteiger partial charge is 0.229 e. The third kappa shape index (κ3) is 3.43. The van der Waals surface area contributed by atoms with Gasteiger partial charge in [-0.1, -0.05) is 0 Å². The Morgan fingerprint density at radius 3 is 2.88 bits per heavy atom. The van der Waals surface area contributed by atoms with Crippen molar-refractivity contribution in [3.05, 3.63) is 41.7 Å². The summed E-state index contributed by atoms with van der Waals surface area (Å²) in [5, 5.41) is 7.79. The summed E-state index contributed by atoms with van der Waals surface area (Å²) in [5.74, 6) is 0.117. The number of rotatable bonds is 6. The average Bonchev–Trinajstić information content (AvgIpc) is 3.05. The number of ether oxygens (including phenoxy) is 1. The first-order valence-corrected chi connectivity index (χ1v) is 8.27. The Morgan fingerprint density at radius 2 is 2.17 bits per heavy atom. The number of amides is 1. The van der Waals surface area contributed by atoms with Crippen LogP contribution in [-0.4, -0.2) is 29.5 Å². The van der Waals surface area contributed by atoms with Gasteiger partial charge in [0.25, 0.3) is 0 Å². The van der Waals surface area contributed by atoms with Crippen molar-refractivity contribution in [2.24, 2.45) is 0 Å². The lowest BCUT2D eigenvalue weighted by Crippen LogP contribution is -2.36. The molecule has 1 aromatic heterocycles. The SMILES string of the molecule is COCN1C(=O)CCc2cc(NCc3cnn(C(C)C)c3)ccc21. The van der Waals surface area contributed by atoms with Gasteiger partial charge in [0.1, 0.15) is 6.73 Å². The minimum atomic E-state index is 0.117. The number of benzene rings is 1. The van der Waals surface area contributed by atoms with Gasteiger partial charge in [0.15, 0.2) is 0 Å². The van der Waals surface area contributed by atoms with Crippen LogP contribution < -0.4 is 10.2 Å². The fraction of sp³-hybridized carbons (Fsp3) is 0.444. The first-order chi connectivity index (χ1) is 11.6. The molecule has 1 aromatic carbocycles. The van der Waals surface area contributed by atoms with Crippen molar-refractivity contribution in [1.82, 2.24) is 9.78 Å². The molecule has 1 N–H and O–H groups in total. The average molecular weight is 328 g/mol. The Hall–Kier alpha value is -2.34. The van der Waals surface area contributed by atoms with Gasteiger partial charge in [0.2, 0.25) is 5.91 Å². The third-order valence-corrected chi connectivity index (χ3v) is 4.22. The molecule has 0 saturated heterocycles. The molecule has 0 saturated carbocycles. The minimum Gasteiger partial charge on any atom is -0.381 e. The largest absolute Gasteiger partial charge is 0.381 e. The zero-order valence-corrected chi connectivity index (χ0v) is 14.5. The first-order valence-electron chi connectivity index (χ1n) is 8.27. The molecular weight excluding hydrogens is 304 g/mol. The van der Waals surface area contributed by atoms with Crippen LogP contribution in [0.25, 0.3) is 0 Å². The number of hydrogen-bond donors (Lipinski definition) is 1. The molecule has 0 radical (unpaired) electrons. The molecule has 3 rings (SSSR count). The van der Waals surface area contributed by atoms with Crippen LogP contribution >= 0.6 is 0 Å². The molecule has 0 aliphatic carbocycles. The van der Waals surface area contributed by atoms with Crippen LogP contribution in [0, 0.1) is 0 Å². The van der Waals surface area contributed by atoms with E-state index in [1.165, 1.54) is 5.56 Å². The predicted octanol–water partition coefficient (Wildman–Crippen LogP) is 2.96. The number of carbonyl (C=O) groups excluding carboxylic acids is 1. The second-order valence-corrected chi connectivity index (χ2v) is 6.36. The number of aromatic nitrogens is 2. The summed E-state index contributed by atoms with van der Waals surface area (Å²) in [4.78, 5) is 13.7. The van der Waals surface area contributed by atoms with Crippen molar-refractivity contribution in [2.75, 3.05) is 24.1 Å². The Balaban J connectivity index is 1.70. The molecule has 2 heterocycles. The Labute approximate surface area is 142 Å². The van der Waals surface area contributed by atoms with Gasteiger partial charge < -0.3 is 10.1 Å². The molecule has 0 atom stereocenters. The molecule has 24 heavy (non-hydrogen) atoms. The fourth-order valence-electron chi connectivity index (χ4n) is 2.90. The number of nitrogens with one attached hydrogen (secondary N) is 1. The maximum Gasteiger partial charge on any atom is 0.229 e. The van der Waals surface area contributed by atoms with Crippen molar-refractivity contribution < 1.29 is 9.53 Å². The first kappa shape index (κ1) is 16.5. The molecule has 6 heteroatoms. The minimum absolute atomic E-state index is 0.117. The summed E-state index contributed by atoms with van der Waals surface area (Å²) in [6.45, 7) is 5.25. The molecule has 1 aliphatic heterocycles. The van der Waals surface area contributed by atoms with E-state index in [1.807, 2.05) is 23.0 Å². The van der Waals surface area contributed by atoms with Gasteiger partial charge in [-0.25, -0.2) is 0 Å². The lowest BCUT2D eigenvalue weighted by molar-refractivity contribution is -0.119. The van der Waals surface area contributed by atoms with E-state index in [-0.39, 0.29) is 5.91 Å². The molecule has 0 spiro atoms. The fourth-order valence-corrected chi connectivity index (χ4v) is 2.90. The zero-order chi connectivity index (χ0) is 17.1. The van der Waals surface area contributed by atoms with Gasteiger partial charge in [-0.2, -0.15) is 5.10 Å². The number of anilines is 2. The number of methoxy groups -OCH3 is 1. The van der Waals surface area contributed by atoms with Crippen LogP contribution in [0.5, 0.6) is 0 Å². The van der Waals surface area contributed by atoms with E-state index in [4.69, 9.17) is 4.74 Å². The lowest BCUT2D eigenvalue weighted by Gasteiger charge is -2.29. The normalized spacial score (nSPS) is 14.2. The highest BCUT2D eigenvalue weighted by Gasteiger charge is 2.23. The number of nitrogens with zero attached hydrogens (tertiary/aromatic N) is 3. The summed E-state index contributed by atoms with van der Waals surface area (Å²) in [7, 11) is 1.61. The highest BCUT2D eigenvalue weighted by molar-refractivity contribution is 5.96. The summed E-state index contributed by atoms with van der Waals surface area (Å²) in [6.07, 6.45) is 5.26. The molecular formula is C18H24N4O2. The Bertz CT molecular complexity index is 724. The molecule has 2 aromatic rings. The van der Waals surface area contributed by atoms with Crippen molar-refractivity contribution in [1.29, 1.82) is 0 Å². The maximum absolute atomic E-state index is 12.0. The second-order valence-electron chi connectivity index (χ2n) is 6.36. The number of hydrogen-bond acceptors (Lipinski definition) is 4. The van der Waals surface area contributed by atoms with E-state index < -0.39 is 0 Å². The lowest BCUT2D eigenvalue weighted by atomic mass is 10.0. The number of carbonyl (C=O) groups is 1. The molecule has 1 aliphatic rings. The van der Waals surface area contributed by atoms with E-state index in [1.54, 1.807) is 12.0 Å². The molecule has 0 unspecified atom stereocenters. The number of aryl methyl sites for hydroxylation is 1. The van der Waals surface area contributed by atoms with Crippen LogP contribution in [0.3, 0.4) is 0 Å². The zero-order valence-electron chi connectivity index (χ0n) is 14.5. The highest BCUT2D eigenvalue weighted by Crippen LogP contribution is 2.30. The maximum atomic E-state index is 12.0. The summed E-state index contributed by atoms with van der Waals surface area (Å²) in [6, 6.07) is 6.49. The molecule has 128 valence electrons.